The summed E-state index contributed by atoms with van der Waals surface area (Å²) in [5.74, 6) is 1.16. The van der Waals surface area contributed by atoms with E-state index < -0.39 is 0 Å². The Morgan fingerprint density at radius 2 is 2.00 bits per heavy atom. The highest BCUT2D eigenvalue weighted by molar-refractivity contribution is 7.16. The quantitative estimate of drug-likeness (QED) is 0.744. The molecule has 2 aromatic heterocycles. The number of anilines is 1. The Morgan fingerprint density at radius 3 is 2.65 bits per heavy atom. The third-order valence-corrected chi connectivity index (χ3v) is 4.43. The van der Waals surface area contributed by atoms with Gasteiger partial charge in [0.25, 0.3) is 5.91 Å². The molecule has 1 amide bonds. The number of H-pyrrole nitrogens is 1. The van der Waals surface area contributed by atoms with Crippen LogP contribution in [-0.4, -0.2) is 10.9 Å². The van der Waals surface area contributed by atoms with Gasteiger partial charge in [-0.25, -0.2) is 0 Å². The lowest BCUT2D eigenvalue weighted by atomic mass is 9.93. The molecule has 0 aliphatic carbocycles. The zero-order chi connectivity index (χ0) is 16.8. The van der Waals surface area contributed by atoms with Crippen LogP contribution in [0.15, 0.2) is 33.5 Å². The lowest BCUT2D eigenvalue weighted by Gasteiger charge is -2.13. The smallest absolute Gasteiger partial charge is 0.305 e. The van der Waals surface area contributed by atoms with Gasteiger partial charge in [0, 0.05) is 11.1 Å². The second-order valence-electron chi connectivity index (χ2n) is 6.51. The zero-order valence-corrected chi connectivity index (χ0v) is 14.3. The van der Waals surface area contributed by atoms with Gasteiger partial charge in [0.2, 0.25) is 0 Å². The minimum absolute atomic E-state index is 0.107. The van der Waals surface area contributed by atoms with Crippen molar-refractivity contribution >= 4 is 33.1 Å². The maximum atomic E-state index is 12.5. The van der Waals surface area contributed by atoms with Gasteiger partial charge < -0.3 is 14.7 Å². The molecule has 1 aromatic carbocycles. The standard InChI is InChI=1S/C17H18N2O3S/c1-9-11(8-14(22-9)17(2,3)4)15(20)18-10-5-6-12-13(7-10)23-16(21)19-12/h5-8H,1-4H3,(H,18,20)(H,19,21). The first-order valence-corrected chi connectivity index (χ1v) is 8.11. The second kappa shape index (κ2) is 5.38. The number of carbonyl (C=O) groups excluding carboxylic acids is 1. The average molecular weight is 330 g/mol. The van der Waals surface area contributed by atoms with E-state index in [2.05, 4.69) is 10.3 Å². The predicted molar refractivity (Wildman–Crippen MR) is 92.5 cm³/mol. The van der Waals surface area contributed by atoms with Crippen molar-refractivity contribution in [2.24, 2.45) is 0 Å². The molecule has 0 saturated carbocycles. The number of rotatable bonds is 2. The molecule has 0 saturated heterocycles. The van der Waals surface area contributed by atoms with Crippen molar-refractivity contribution in [1.82, 2.24) is 4.98 Å². The Bertz CT molecular complexity index is 941. The third kappa shape index (κ3) is 3.07. The van der Waals surface area contributed by atoms with Crippen LogP contribution in [0.4, 0.5) is 5.69 Å². The number of benzene rings is 1. The lowest BCUT2D eigenvalue weighted by molar-refractivity contribution is 0.102. The van der Waals surface area contributed by atoms with E-state index in [9.17, 15) is 9.59 Å². The highest BCUT2D eigenvalue weighted by Crippen LogP contribution is 2.28. The Morgan fingerprint density at radius 1 is 1.26 bits per heavy atom. The summed E-state index contributed by atoms with van der Waals surface area (Å²) in [6, 6.07) is 7.13. The predicted octanol–water partition coefficient (Wildman–Crippen LogP) is 4.04. The van der Waals surface area contributed by atoms with Crippen LogP contribution in [-0.2, 0) is 5.41 Å². The number of hydrogen-bond acceptors (Lipinski definition) is 4. The van der Waals surface area contributed by atoms with Crippen molar-refractivity contribution in [3.63, 3.8) is 0 Å². The topological polar surface area (TPSA) is 75.1 Å². The second-order valence-corrected chi connectivity index (χ2v) is 7.52. The van der Waals surface area contributed by atoms with Crippen molar-refractivity contribution < 1.29 is 9.21 Å². The van der Waals surface area contributed by atoms with Crippen LogP contribution in [0.2, 0.25) is 0 Å². The average Bonchev–Trinajstić information content (AvgIpc) is 2.99. The molecule has 0 fully saturated rings. The normalized spacial score (nSPS) is 11.8. The molecule has 23 heavy (non-hydrogen) atoms. The molecule has 0 bridgehead atoms. The molecule has 2 heterocycles. The largest absolute Gasteiger partial charge is 0.465 e. The highest BCUT2D eigenvalue weighted by atomic mass is 32.1. The molecule has 2 N–H and O–H groups in total. The molecular formula is C17H18N2O3S. The van der Waals surface area contributed by atoms with Gasteiger partial charge in [-0.15, -0.1) is 0 Å². The van der Waals surface area contributed by atoms with Gasteiger partial charge in [0.1, 0.15) is 11.5 Å². The first-order valence-electron chi connectivity index (χ1n) is 7.29. The molecule has 5 nitrogen and oxygen atoms in total. The molecule has 6 heteroatoms. The number of furan rings is 1. The van der Waals surface area contributed by atoms with Gasteiger partial charge in [-0.1, -0.05) is 32.1 Å². The van der Waals surface area contributed by atoms with Crippen LogP contribution in [0.25, 0.3) is 10.2 Å². The van der Waals surface area contributed by atoms with E-state index >= 15 is 0 Å². The van der Waals surface area contributed by atoms with Gasteiger partial charge >= 0.3 is 4.87 Å². The summed E-state index contributed by atoms with van der Waals surface area (Å²) in [6.45, 7) is 7.89. The summed E-state index contributed by atoms with van der Waals surface area (Å²) < 4.78 is 6.52. The molecule has 0 aliphatic heterocycles. The number of thiazole rings is 1. The van der Waals surface area contributed by atoms with E-state index in [4.69, 9.17) is 4.42 Å². The Balaban J connectivity index is 1.88. The summed E-state index contributed by atoms with van der Waals surface area (Å²) in [7, 11) is 0. The first-order chi connectivity index (χ1) is 10.7. The van der Waals surface area contributed by atoms with Crippen LogP contribution in [0.3, 0.4) is 0 Å². The SMILES string of the molecule is Cc1oc(C(C)(C)C)cc1C(=O)Nc1ccc2[nH]c(=O)sc2c1. The Labute approximate surface area is 137 Å². The van der Waals surface area contributed by atoms with Gasteiger partial charge in [0.05, 0.1) is 15.8 Å². The number of hydrogen-bond donors (Lipinski definition) is 2. The number of aryl methyl sites for hydroxylation is 1. The van der Waals surface area contributed by atoms with Crippen molar-refractivity contribution in [3.05, 3.63) is 51.0 Å². The zero-order valence-electron chi connectivity index (χ0n) is 13.4. The maximum Gasteiger partial charge on any atom is 0.305 e. The van der Waals surface area contributed by atoms with E-state index in [1.165, 1.54) is 0 Å². The molecule has 0 radical (unpaired) electrons. The molecule has 3 aromatic rings. The van der Waals surface area contributed by atoms with Crippen LogP contribution >= 0.6 is 11.3 Å². The van der Waals surface area contributed by atoms with Gasteiger partial charge in [0.15, 0.2) is 0 Å². The molecular weight excluding hydrogens is 312 g/mol. The first kappa shape index (κ1) is 15.6. The fourth-order valence-electron chi connectivity index (χ4n) is 2.30. The summed E-state index contributed by atoms with van der Waals surface area (Å²) in [6.07, 6.45) is 0. The number of amides is 1. The maximum absolute atomic E-state index is 12.5. The van der Waals surface area contributed by atoms with Crippen molar-refractivity contribution in [2.45, 2.75) is 33.1 Å². The van der Waals surface area contributed by atoms with Crippen molar-refractivity contribution in [2.75, 3.05) is 5.32 Å². The van der Waals surface area contributed by atoms with Gasteiger partial charge in [-0.05, 0) is 31.2 Å². The third-order valence-electron chi connectivity index (χ3n) is 3.58. The minimum Gasteiger partial charge on any atom is -0.465 e. The highest BCUT2D eigenvalue weighted by Gasteiger charge is 2.23. The van der Waals surface area contributed by atoms with Crippen LogP contribution < -0.4 is 10.2 Å². The van der Waals surface area contributed by atoms with Gasteiger partial charge in [-0.3, -0.25) is 9.59 Å². The number of aromatic nitrogens is 1. The van der Waals surface area contributed by atoms with Crippen molar-refractivity contribution in [3.8, 4) is 0 Å². The van der Waals surface area contributed by atoms with Crippen LogP contribution in [0.5, 0.6) is 0 Å². The number of nitrogens with one attached hydrogen (secondary N) is 2. The van der Waals surface area contributed by atoms with E-state index in [0.717, 1.165) is 27.3 Å². The van der Waals surface area contributed by atoms with Crippen molar-refractivity contribution in [1.29, 1.82) is 0 Å². The minimum atomic E-state index is -0.219. The van der Waals surface area contributed by atoms with Crippen LogP contribution in [0.1, 0.15) is 42.6 Å². The summed E-state index contributed by atoms with van der Waals surface area (Å²) >= 11 is 1.12. The number of carbonyl (C=O) groups is 1. The fourth-order valence-corrected chi connectivity index (χ4v) is 3.07. The molecule has 0 spiro atoms. The molecule has 0 atom stereocenters. The number of fused-ring (bicyclic) bond motifs is 1. The van der Waals surface area contributed by atoms with E-state index in [0.29, 0.717) is 17.0 Å². The molecule has 120 valence electrons. The monoisotopic (exact) mass is 330 g/mol. The summed E-state index contributed by atoms with van der Waals surface area (Å²) in [4.78, 5) is 26.5. The summed E-state index contributed by atoms with van der Waals surface area (Å²) in [5, 5.41) is 2.86. The lowest BCUT2D eigenvalue weighted by Crippen LogP contribution is -2.12. The summed E-state index contributed by atoms with van der Waals surface area (Å²) in [5.41, 5.74) is 1.79. The van der Waals surface area contributed by atoms with E-state index in [-0.39, 0.29) is 16.2 Å². The Hall–Kier alpha value is -2.34. The van der Waals surface area contributed by atoms with E-state index in [1.54, 1.807) is 31.2 Å². The van der Waals surface area contributed by atoms with Crippen LogP contribution in [0, 0.1) is 6.92 Å². The fraction of sp³-hybridized carbons (Fsp3) is 0.294. The molecule has 3 rings (SSSR count). The van der Waals surface area contributed by atoms with E-state index in [1.807, 2.05) is 20.8 Å². The molecule has 0 aliphatic rings. The van der Waals surface area contributed by atoms with Gasteiger partial charge in [-0.2, -0.15) is 0 Å². The Kier molecular flexibility index (Phi) is 3.64. The number of aromatic amines is 1. The molecule has 0 unspecified atom stereocenters.